The second-order valence-electron chi connectivity index (χ2n) is 5.58. The van der Waals surface area contributed by atoms with Crippen LogP contribution in [0.25, 0.3) is 0 Å². The van der Waals surface area contributed by atoms with Gasteiger partial charge in [-0.1, -0.05) is 23.7 Å². The maximum Gasteiger partial charge on any atom is 0.126 e. The predicted octanol–water partition coefficient (Wildman–Crippen LogP) is 1.52. The monoisotopic (exact) mass is 314 g/mol. The largest absolute Gasteiger partial charge is 0.385 e. The number of hydrogen-bond acceptors (Lipinski definition) is 3. The summed E-state index contributed by atoms with van der Waals surface area (Å²) in [6.45, 7) is 4.76. The van der Waals surface area contributed by atoms with Crippen molar-refractivity contribution in [3.8, 4) is 0 Å². The van der Waals surface area contributed by atoms with Gasteiger partial charge in [-0.15, -0.1) is 0 Å². The number of rotatable bonds is 8. The van der Waals surface area contributed by atoms with Crippen molar-refractivity contribution in [2.45, 2.75) is 38.1 Å². The maximum atomic E-state index is 9.94. The molecule has 1 saturated heterocycles. The van der Waals surface area contributed by atoms with E-state index in [1.165, 1.54) is 0 Å². The fourth-order valence-electron chi connectivity index (χ4n) is 2.46. The van der Waals surface area contributed by atoms with Gasteiger partial charge in [0.2, 0.25) is 0 Å². The molecule has 118 valence electrons. The maximum absolute atomic E-state index is 9.94. The number of quaternary nitrogens is 1. The minimum Gasteiger partial charge on any atom is -0.385 e. The molecule has 0 aromatic heterocycles. The molecular weight excluding hydrogens is 290 g/mol. The van der Waals surface area contributed by atoms with Crippen molar-refractivity contribution in [1.82, 2.24) is 0 Å². The van der Waals surface area contributed by atoms with Crippen LogP contribution >= 0.6 is 11.6 Å². The molecule has 1 aliphatic rings. The van der Waals surface area contributed by atoms with Crippen LogP contribution in [0.4, 0.5) is 0 Å². The molecule has 0 aliphatic carbocycles. The predicted molar refractivity (Wildman–Crippen MR) is 82.5 cm³/mol. The first-order valence-corrected chi connectivity index (χ1v) is 8.01. The van der Waals surface area contributed by atoms with Gasteiger partial charge in [0.1, 0.15) is 25.3 Å². The van der Waals surface area contributed by atoms with Crippen LogP contribution < -0.4 is 5.32 Å². The van der Waals surface area contributed by atoms with E-state index in [1.54, 1.807) is 0 Å². The van der Waals surface area contributed by atoms with E-state index in [-0.39, 0.29) is 6.10 Å². The van der Waals surface area contributed by atoms with Gasteiger partial charge in [-0.2, -0.15) is 0 Å². The van der Waals surface area contributed by atoms with Crippen molar-refractivity contribution < 1.29 is 19.9 Å². The standard InChI is InChI=1S/C16H24ClNO3/c1-12(13-4-6-14(17)7-5-13)21-11-15(19)9-18-10-16-3-2-8-20-16/h4-7,12,15-16,18-19H,2-3,8-11H2,1H3/p+1/t12-,15+,16-/m0/s1. The van der Waals surface area contributed by atoms with Crippen molar-refractivity contribution >= 4 is 11.6 Å². The van der Waals surface area contributed by atoms with Crippen LogP contribution in [0.5, 0.6) is 0 Å². The highest BCUT2D eigenvalue weighted by molar-refractivity contribution is 6.30. The smallest absolute Gasteiger partial charge is 0.126 e. The molecule has 1 fully saturated rings. The lowest BCUT2D eigenvalue weighted by molar-refractivity contribution is -0.667. The van der Waals surface area contributed by atoms with E-state index in [9.17, 15) is 5.11 Å². The molecule has 5 heteroatoms. The second-order valence-corrected chi connectivity index (χ2v) is 6.01. The zero-order valence-corrected chi connectivity index (χ0v) is 13.3. The molecule has 2 rings (SSSR count). The summed E-state index contributed by atoms with van der Waals surface area (Å²) >= 11 is 5.86. The Hall–Kier alpha value is -0.650. The van der Waals surface area contributed by atoms with Gasteiger partial charge in [0.25, 0.3) is 0 Å². The van der Waals surface area contributed by atoms with Gasteiger partial charge in [0.05, 0.1) is 12.7 Å². The molecule has 0 amide bonds. The van der Waals surface area contributed by atoms with E-state index in [2.05, 4.69) is 5.32 Å². The highest BCUT2D eigenvalue weighted by Crippen LogP contribution is 2.19. The van der Waals surface area contributed by atoms with E-state index in [0.29, 0.717) is 19.3 Å². The third kappa shape index (κ3) is 5.93. The minimum absolute atomic E-state index is 0.0462. The van der Waals surface area contributed by atoms with E-state index in [4.69, 9.17) is 21.1 Å². The fourth-order valence-corrected chi connectivity index (χ4v) is 2.58. The molecule has 0 spiro atoms. The Morgan fingerprint density at radius 3 is 2.86 bits per heavy atom. The van der Waals surface area contributed by atoms with Crippen LogP contribution in [0.1, 0.15) is 31.4 Å². The van der Waals surface area contributed by atoms with Crippen molar-refractivity contribution in [2.75, 3.05) is 26.3 Å². The number of aliphatic hydroxyl groups is 1. The number of benzene rings is 1. The van der Waals surface area contributed by atoms with Crippen LogP contribution in [0.15, 0.2) is 24.3 Å². The molecule has 1 heterocycles. The topological polar surface area (TPSA) is 55.3 Å². The molecule has 4 nitrogen and oxygen atoms in total. The quantitative estimate of drug-likeness (QED) is 0.765. The highest BCUT2D eigenvalue weighted by Gasteiger charge is 2.18. The van der Waals surface area contributed by atoms with Crippen LogP contribution in [0, 0.1) is 0 Å². The molecule has 3 N–H and O–H groups in total. The van der Waals surface area contributed by atoms with Gasteiger partial charge in [-0.3, -0.25) is 0 Å². The minimum atomic E-state index is -0.457. The fraction of sp³-hybridized carbons (Fsp3) is 0.625. The summed E-state index contributed by atoms with van der Waals surface area (Å²) < 4.78 is 11.3. The van der Waals surface area contributed by atoms with Gasteiger partial charge in [-0.25, -0.2) is 0 Å². The normalized spacial score (nSPS) is 21.4. The number of hydrogen-bond donors (Lipinski definition) is 2. The summed E-state index contributed by atoms with van der Waals surface area (Å²) in [6.07, 6.45) is 2.14. The van der Waals surface area contributed by atoms with Crippen LogP contribution in [0.2, 0.25) is 5.02 Å². The van der Waals surface area contributed by atoms with E-state index < -0.39 is 6.10 Å². The first kappa shape index (κ1) is 16.7. The van der Waals surface area contributed by atoms with E-state index >= 15 is 0 Å². The average Bonchev–Trinajstić information content (AvgIpc) is 2.99. The number of ether oxygens (including phenoxy) is 2. The van der Waals surface area contributed by atoms with Gasteiger partial charge < -0.3 is 19.9 Å². The lowest BCUT2D eigenvalue weighted by atomic mass is 10.1. The van der Waals surface area contributed by atoms with E-state index in [0.717, 1.165) is 36.6 Å². The highest BCUT2D eigenvalue weighted by atomic mass is 35.5. The molecule has 1 aliphatic heterocycles. The SMILES string of the molecule is C[C@H](OC[C@H](O)C[NH2+]C[C@@H]1CCCO1)c1ccc(Cl)cc1. The number of halogens is 1. The summed E-state index contributed by atoms with van der Waals surface area (Å²) in [5.74, 6) is 0. The summed E-state index contributed by atoms with van der Waals surface area (Å²) in [7, 11) is 0. The molecule has 0 bridgehead atoms. The van der Waals surface area contributed by atoms with Gasteiger partial charge in [0.15, 0.2) is 0 Å². The average molecular weight is 315 g/mol. The summed E-state index contributed by atoms with van der Waals surface area (Å²) in [5, 5.41) is 12.8. The van der Waals surface area contributed by atoms with Gasteiger partial charge in [-0.05, 0) is 37.5 Å². The van der Waals surface area contributed by atoms with Crippen molar-refractivity contribution in [1.29, 1.82) is 0 Å². The lowest BCUT2D eigenvalue weighted by Crippen LogP contribution is -2.88. The van der Waals surface area contributed by atoms with Crippen LogP contribution in [-0.2, 0) is 9.47 Å². The molecule has 0 saturated carbocycles. The van der Waals surface area contributed by atoms with E-state index in [1.807, 2.05) is 31.2 Å². The van der Waals surface area contributed by atoms with Crippen molar-refractivity contribution in [3.05, 3.63) is 34.9 Å². The summed E-state index contributed by atoms with van der Waals surface area (Å²) in [4.78, 5) is 0. The third-order valence-corrected chi connectivity index (χ3v) is 4.02. The first-order valence-electron chi connectivity index (χ1n) is 7.63. The Kier molecular flexibility index (Phi) is 6.93. The Bertz CT molecular complexity index is 406. The zero-order chi connectivity index (χ0) is 15.1. The molecule has 0 unspecified atom stereocenters. The summed E-state index contributed by atoms with van der Waals surface area (Å²) in [5.41, 5.74) is 1.06. The molecule has 21 heavy (non-hydrogen) atoms. The zero-order valence-electron chi connectivity index (χ0n) is 12.5. The van der Waals surface area contributed by atoms with Crippen molar-refractivity contribution in [3.63, 3.8) is 0 Å². The number of nitrogens with two attached hydrogens (primary N) is 1. The second kappa shape index (κ2) is 8.71. The lowest BCUT2D eigenvalue weighted by Gasteiger charge is -2.17. The Labute approximate surface area is 131 Å². The Morgan fingerprint density at radius 2 is 2.19 bits per heavy atom. The Morgan fingerprint density at radius 1 is 1.43 bits per heavy atom. The molecule has 3 atom stereocenters. The molecule has 1 aromatic rings. The van der Waals surface area contributed by atoms with Crippen LogP contribution in [0.3, 0.4) is 0 Å². The molecule has 0 radical (unpaired) electrons. The molecular formula is C16H25ClNO3+. The van der Waals surface area contributed by atoms with Gasteiger partial charge in [0, 0.05) is 11.6 Å². The van der Waals surface area contributed by atoms with Crippen molar-refractivity contribution in [2.24, 2.45) is 0 Å². The summed E-state index contributed by atoms with van der Waals surface area (Å²) in [6, 6.07) is 7.59. The van der Waals surface area contributed by atoms with Gasteiger partial charge >= 0.3 is 0 Å². The Balaban J connectivity index is 1.61. The van der Waals surface area contributed by atoms with Crippen LogP contribution in [-0.4, -0.2) is 43.6 Å². The number of aliphatic hydroxyl groups excluding tert-OH is 1. The third-order valence-electron chi connectivity index (χ3n) is 3.77. The first-order chi connectivity index (χ1) is 10.1. The molecule has 1 aromatic carbocycles.